The maximum absolute atomic E-state index is 12.5. The molecule has 1 aromatic carbocycles. The van der Waals surface area contributed by atoms with E-state index in [-0.39, 0.29) is 0 Å². The van der Waals surface area contributed by atoms with Gasteiger partial charge in [0.2, 0.25) is 5.13 Å². The summed E-state index contributed by atoms with van der Waals surface area (Å²) in [6, 6.07) is 5.32. The van der Waals surface area contributed by atoms with Gasteiger partial charge in [0, 0.05) is 29.0 Å². The number of thiazole rings is 1. The summed E-state index contributed by atoms with van der Waals surface area (Å²) in [5.74, 6) is 0. The van der Waals surface area contributed by atoms with Gasteiger partial charge in [0.25, 0.3) is 0 Å². The summed E-state index contributed by atoms with van der Waals surface area (Å²) in [5.41, 5.74) is 9.41. The molecule has 8 heteroatoms. The van der Waals surface area contributed by atoms with Crippen molar-refractivity contribution in [3.8, 4) is 10.4 Å². The van der Waals surface area contributed by atoms with Gasteiger partial charge in [-0.05, 0) is 39.0 Å². The molecule has 4 N–H and O–H groups in total. The number of carbonyl (C=O) groups excluding carboxylic acids is 1. The smallest absolute Gasteiger partial charge is 0.419 e. The fourth-order valence-electron chi connectivity index (χ4n) is 2.36. The van der Waals surface area contributed by atoms with Gasteiger partial charge in [0.05, 0.1) is 10.4 Å². The quantitative estimate of drug-likeness (QED) is 0.480. The molecule has 0 fully saturated rings. The van der Waals surface area contributed by atoms with Gasteiger partial charge in [-0.2, -0.15) is 0 Å². The Morgan fingerprint density at radius 1 is 1.42 bits per heavy atom. The number of rotatable bonds is 2. The highest BCUT2D eigenvalue weighted by Gasteiger charge is 2.22. The van der Waals surface area contributed by atoms with Gasteiger partial charge in [-0.1, -0.05) is 11.3 Å². The lowest BCUT2D eigenvalue weighted by Crippen LogP contribution is -2.26. The molecule has 7 nitrogen and oxygen atoms in total. The minimum absolute atomic E-state index is 0.368. The lowest BCUT2D eigenvalue weighted by atomic mass is 10.1. The van der Waals surface area contributed by atoms with E-state index in [9.17, 15) is 4.79 Å². The minimum Gasteiger partial charge on any atom is -0.443 e. The van der Waals surface area contributed by atoms with Crippen LogP contribution in [-0.2, 0) is 4.74 Å². The Labute approximate surface area is 142 Å². The molecular formula is C16H18N4O3S. The Hall–Kier alpha value is -2.58. The van der Waals surface area contributed by atoms with E-state index in [1.807, 2.05) is 26.3 Å². The van der Waals surface area contributed by atoms with Crippen molar-refractivity contribution < 1.29 is 14.7 Å². The van der Waals surface area contributed by atoms with Crippen LogP contribution in [0.4, 0.5) is 15.6 Å². The van der Waals surface area contributed by atoms with Crippen molar-refractivity contribution >= 4 is 39.2 Å². The number of nitrogens with one attached hydrogen (secondary N) is 1. The second-order valence-corrected chi connectivity index (χ2v) is 7.34. The number of nitrogens with two attached hydrogens (primary N) is 1. The second kappa shape index (κ2) is 5.81. The normalized spacial score (nSPS) is 11.7. The molecule has 2 heterocycles. The third-order valence-electron chi connectivity index (χ3n) is 3.29. The number of nitrogen functional groups attached to an aromatic ring is 1. The lowest BCUT2D eigenvalue weighted by molar-refractivity contribution is 0.0544. The van der Waals surface area contributed by atoms with Gasteiger partial charge in [-0.3, -0.25) is 9.77 Å². The topological polar surface area (TPSA) is 102 Å². The molecular weight excluding hydrogens is 328 g/mol. The predicted molar refractivity (Wildman–Crippen MR) is 94.5 cm³/mol. The Kier molecular flexibility index (Phi) is 3.94. The van der Waals surface area contributed by atoms with E-state index >= 15 is 0 Å². The average molecular weight is 346 g/mol. The van der Waals surface area contributed by atoms with E-state index in [1.54, 1.807) is 30.6 Å². The van der Waals surface area contributed by atoms with E-state index in [1.165, 1.54) is 15.9 Å². The summed E-state index contributed by atoms with van der Waals surface area (Å²) < 4.78 is 6.93. The van der Waals surface area contributed by atoms with Crippen molar-refractivity contribution in [1.29, 1.82) is 0 Å². The number of hydrogen-bond acceptors (Lipinski definition) is 7. The van der Waals surface area contributed by atoms with Crippen molar-refractivity contribution in [3.05, 3.63) is 30.6 Å². The van der Waals surface area contributed by atoms with Crippen LogP contribution in [0.15, 0.2) is 30.6 Å². The maximum atomic E-state index is 12.5. The number of anilines is 2. The maximum Gasteiger partial charge on any atom is 0.419 e. The second-order valence-electron chi connectivity index (χ2n) is 6.31. The van der Waals surface area contributed by atoms with Crippen molar-refractivity contribution in [3.63, 3.8) is 0 Å². The van der Waals surface area contributed by atoms with Crippen LogP contribution in [0.2, 0.25) is 0 Å². The summed E-state index contributed by atoms with van der Waals surface area (Å²) in [5, 5.41) is 10.2. The average Bonchev–Trinajstić information content (AvgIpc) is 3.08. The van der Waals surface area contributed by atoms with Crippen LogP contribution in [0.25, 0.3) is 21.3 Å². The highest BCUT2D eigenvalue weighted by Crippen LogP contribution is 2.36. The van der Waals surface area contributed by atoms with Crippen LogP contribution in [0.1, 0.15) is 20.8 Å². The van der Waals surface area contributed by atoms with Gasteiger partial charge in [0.15, 0.2) is 0 Å². The minimum atomic E-state index is -0.597. The standard InChI is InChI=1S/C16H18N4O3S/c1-16(2,3)23-15(21)20-8-11(13-7-18-14(19-22)24-13)10-6-9(17)4-5-12(10)20/h4-8,22H,17H2,1-3H3,(H,18,19). The molecule has 0 amide bonds. The molecule has 0 bridgehead atoms. The molecule has 0 unspecified atom stereocenters. The van der Waals surface area contributed by atoms with E-state index < -0.39 is 11.7 Å². The SMILES string of the molecule is CC(C)(C)OC(=O)n1cc(-c2cnc(NO)s2)c2cc(N)ccc21. The molecule has 0 spiro atoms. The summed E-state index contributed by atoms with van der Waals surface area (Å²) in [7, 11) is 0. The van der Waals surface area contributed by atoms with E-state index in [0.717, 1.165) is 15.8 Å². The van der Waals surface area contributed by atoms with Crippen molar-refractivity contribution in [2.45, 2.75) is 26.4 Å². The molecule has 0 aliphatic heterocycles. The van der Waals surface area contributed by atoms with E-state index in [2.05, 4.69) is 4.98 Å². The highest BCUT2D eigenvalue weighted by molar-refractivity contribution is 7.18. The summed E-state index contributed by atoms with van der Waals surface area (Å²) in [4.78, 5) is 17.4. The number of carbonyl (C=O) groups is 1. The van der Waals surface area contributed by atoms with Gasteiger partial charge in [-0.25, -0.2) is 15.3 Å². The van der Waals surface area contributed by atoms with Crippen LogP contribution in [-0.4, -0.2) is 26.5 Å². The molecule has 24 heavy (non-hydrogen) atoms. The zero-order chi connectivity index (χ0) is 17.5. The fraction of sp³-hybridized carbons (Fsp3) is 0.250. The van der Waals surface area contributed by atoms with Crippen molar-refractivity contribution in [2.24, 2.45) is 0 Å². The molecule has 3 aromatic rings. The zero-order valence-electron chi connectivity index (χ0n) is 13.5. The molecule has 2 aromatic heterocycles. The number of aromatic nitrogens is 2. The number of fused-ring (bicyclic) bond motifs is 1. The van der Waals surface area contributed by atoms with Crippen LogP contribution < -0.4 is 11.2 Å². The van der Waals surface area contributed by atoms with Gasteiger partial charge in [-0.15, -0.1) is 0 Å². The molecule has 0 atom stereocenters. The summed E-state index contributed by atoms with van der Waals surface area (Å²) in [6.07, 6.45) is 2.86. The first-order valence-electron chi connectivity index (χ1n) is 7.29. The van der Waals surface area contributed by atoms with Gasteiger partial charge in [0.1, 0.15) is 5.60 Å². The molecule has 0 radical (unpaired) electrons. The first kappa shape index (κ1) is 16.3. The molecule has 0 saturated heterocycles. The zero-order valence-corrected chi connectivity index (χ0v) is 14.3. The van der Waals surface area contributed by atoms with Crippen LogP contribution in [0.3, 0.4) is 0 Å². The summed E-state index contributed by atoms with van der Waals surface area (Å²) >= 11 is 1.27. The molecule has 0 aliphatic carbocycles. The molecule has 0 saturated carbocycles. The first-order chi connectivity index (χ1) is 11.3. The third kappa shape index (κ3) is 3.06. The number of benzene rings is 1. The Balaban J connectivity index is 2.16. The number of hydrogen-bond donors (Lipinski definition) is 3. The fourth-order valence-corrected chi connectivity index (χ4v) is 3.09. The largest absolute Gasteiger partial charge is 0.443 e. The van der Waals surface area contributed by atoms with Crippen molar-refractivity contribution in [1.82, 2.24) is 9.55 Å². The van der Waals surface area contributed by atoms with E-state index in [0.29, 0.717) is 16.3 Å². The van der Waals surface area contributed by atoms with Crippen LogP contribution >= 0.6 is 11.3 Å². The predicted octanol–water partition coefficient (Wildman–Crippen LogP) is 3.93. The van der Waals surface area contributed by atoms with Crippen LogP contribution in [0, 0.1) is 0 Å². The van der Waals surface area contributed by atoms with Crippen molar-refractivity contribution in [2.75, 3.05) is 11.2 Å². The number of ether oxygens (including phenoxy) is 1. The Bertz CT molecular complexity index is 908. The Morgan fingerprint density at radius 3 is 2.79 bits per heavy atom. The highest BCUT2D eigenvalue weighted by atomic mass is 32.1. The Morgan fingerprint density at radius 2 is 2.17 bits per heavy atom. The van der Waals surface area contributed by atoms with E-state index in [4.69, 9.17) is 15.7 Å². The van der Waals surface area contributed by atoms with Gasteiger partial charge < -0.3 is 10.5 Å². The van der Waals surface area contributed by atoms with Gasteiger partial charge >= 0.3 is 6.09 Å². The molecule has 0 aliphatic rings. The number of nitrogens with zero attached hydrogens (tertiary/aromatic N) is 2. The molecule has 126 valence electrons. The lowest BCUT2D eigenvalue weighted by Gasteiger charge is -2.19. The monoisotopic (exact) mass is 346 g/mol. The van der Waals surface area contributed by atoms with Crippen LogP contribution in [0.5, 0.6) is 0 Å². The summed E-state index contributed by atoms with van der Waals surface area (Å²) in [6.45, 7) is 5.45. The third-order valence-corrected chi connectivity index (χ3v) is 4.22. The first-order valence-corrected chi connectivity index (χ1v) is 8.10. The molecule has 3 rings (SSSR count).